The van der Waals surface area contributed by atoms with Crippen molar-refractivity contribution < 1.29 is 0 Å². The molecule has 2 aromatic rings. The van der Waals surface area contributed by atoms with Crippen LogP contribution in [-0.2, 0) is 18.4 Å². The molecule has 0 aliphatic carbocycles. The van der Waals surface area contributed by atoms with Crippen LogP contribution in [0.25, 0.3) is 0 Å². The molecule has 0 fully saturated rings. The van der Waals surface area contributed by atoms with E-state index in [0.29, 0.717) is 0 Å². The number of benzene rings is 1. The minimum Gasteiger partial charge on any atom is -0.315 e. The van der Waals surface area contributed by atoms with Gasteiger partial charge in [0, 0.05) is 28.3 Å². The third-order valence-corrected chi connectivity index (χ3v) is 4.32. The van der Waals surface area contributed by atoms with Crippen molar-refractivity contribution in [2.24, 2.45) is 0 Å². The van der Waals surface area contributed by atoms with Crippen molar-refractivity contribution in [1.82, 2.24) is 10.3 Å². The fourth-order valence-corrected chi connectivity index (χ4v) is 3.70. The number of nitrogens with zero attached hydrogens (tertiary/aromatic N) is 1. The monoisotopic (exact) mass is 308 g/mol. The molecule has 20 heavy (non-hydrogen) atoms. The lowest BCUT2D eigenvalue weighted by Crippen LogP contribution is -2.16. The van der Waals surface area contributed by atoms with Crippen LogP contribution < -0.4 is 5.32 Å². The van der Waals surface area contributed by atoms with Gasteiger partial charge in [-0.15, -0.1) is 11.3 Å². The fourth-order valence-electron chi connectivity index (χ4n) is 2.16. The van der Waals surface area contributed by atoms with Crippen LogP contribution in [0.2, 0.25) is 5.02 Å². The van der Waals surface area contributed by atoms with Gasteiger partial charge >= 0.3 is 0 Å². The molecule has 1 aromatic heterocycles. The van der Waals surface area contributed by atoms with Crippen molar-refractivity contribution in [2.75, 3.05) is 7.05 Å². The maximum Gasteiger partial charge on any atom is 0.0975 e. The summed E-state index contributed by atoms with van der Waals surface area (Å²) >= 11 is 7.84. The highest BCUT2D eigenvalue weighted by Gasteiger charge is 2.22. The smallest absolute Gasteiger partial charge is 0.0975 e. The summed E-state index contributed by atoms with van der Waals surface area (Å²) < 4.78 is 0. The first-order valence-corrected chi connectivity index (χ1v) is 7.97. The highest BCUT2D eigenvalue weighted by molar-refractivity contribution is 7.11. The van der Waals surface area contributed by atoms with Gasteiger partial charge in [0.25, 0.3) is 0 Å². The molecule has 4 heteroatoms. The first kappa shape index (κ1) is 15.5. The van der Waals surface area contributed by atoms with Gasteiger partial charge in [-0.25, -0.2) is 4.98 Å². The number of hydrogen-bond acceptors (Lipinski definition) is 3. The SMILES string of the molecule is CNCc1sc(Cc2cccc(Cl)c2)nc1C(C)(C)C. The molecule has 108 valence electrons. The van der Waals surface area contributed by atoms with E-state index in [0.717, 1.165) is 23.0 Å². The Bertz CT molecular complexity index is 584. The predicted molar refractivity (Wildman–Crippen MR) is 87.8 cm³/mol. The molecule has 0 saturated carbocycles. The van der Waals surface area contributed by atoms with E-state index in [-0.39, 0.29) is 5.41 Å². The van der Waals surface area contributed by atoms with Gasteiger partial charge in [-0.1, -0.05) is 44.5 Å². The number of rotatable bonds is 4. The van der Waals surface area contributed by atoms with Gasteiger partial charge in [-0.3, -0.25) is 0 Å². The van der Waals surface area contributed by atoms with Gasteiger partial charge in [0.1, 0.15) is 0 Å². The summed E-state index contributed by atoms with van der Waals surface area (Å²) in [6.45, 7) is 7.51. The molecule has 1 heterocycles. The van der Waals surface area contributed by atoms with Crippen LogP contribution in [0.3, 0.4) is 0 Å². The van der Waals surface area contributed by atoms with Crippen molar-refractivity contribution >= 4 is 22.9 Å². The van der Waals surface area contributed by atoms with Crippen LogP contribution in [0.5, 0.6) is 0 Å². The molecule has 2 rings (SSSR count). The Labute approximate surface area is 130 Å². The van der Waals surface area contributed by atoms with Crippen molar-refractivity contribution in [3.8, 4) is 0 Å². The van der Waals surface area contributed by atoms with Crippen molar-refractivity contribution in [3.05, 3.63) is 50.4 Å². The normalized spacial score (nSPS) is 11.8. The van der Waals surface area contributed by atoms with E-state index in [1.807, 2.05) is 25.2 Å². The summed E-state index contributed by atoms with van der Waals surface area (Å²) in [4.78, 5) is 6.19. The lowest BCUT2D eigenvalue weighted by Gasteiger charge is -2.17. The first-order valence-electron chi connectivity index (χ1n) is 6.78. The fraction of sp³-hybridized carbons (Fsp3) is 0.438. The molecule has 1 aromatic carbocycles. The number of aromatic nitrogens is 1. The molecule has 0 saturated heterocycles. The Balaban J connectivity index is 2.29. The van der Waals surface area contributed by atoms with E-state index in [2.05, 4.69) is 32.2 Å². The molecule has 0 amide bonds. The molecule has 0 bridgehead atoms. The van der Waals surface area contributed by atoms with E-state index >= 15 is 0 Å². The van der Waals surface area contributed by atoms with Crippen LogP contribution in [0.1, 0.15) is 41.9 Å². The van der Waals surface area contributed by atoms with Gasteiger partial charge in [-0.05, 0) is 24.7 Å². The van der Waals surface area contributed by atoms with Crippen LogP contribution >= 0.6 is 22.9 Å². The second kappa shape index (κ2) is 6.25. The maximum absolute atomic E-state index is 6.04. The molecular weight excluding hydrogens is 288 g/mol. The zero-order valence-electron chi connectivity index (χ0n) is 12.5. The summed E-state index contributed by atoms with van der Waals surface area (Å²) in [5.41, 5.74) is 2.49. The lowest BCUT2D eigenvalue weighted by molar-refractivity contribution is 0.561. The minimum atomic E-state index is 0.0786. The van der Waals surface area contributed by atoms with Gasteiger partial charge in [0.05, 0.1) is 10.7 Å². The molecule has 1 N–H and O–H groups in total. The Hall–Kier alpha value is -0.900. The topological polar surface area (TPSA) is 24.9 Å². The summed E-state index contributed by atoms with van der Waals surface area (Å²) in [6, 6.07) is 8.00. The Morgan fingerprint density at radius 2 is 2.05 bits per heavy atom. The summed E-state index contributed by atoms with van der Waals surface area (Å²) in [5, 5.41) is 5.17. The van der Waals surface area contributed by atoms with Crippen LogP contribution in [0, 0.1) is 0 Å². The van der Waals surface area contributed by atoms with E-state index < -0.39 is 0 Å². The zero-order chi connectivity index (χ0) is 14.8. The van der Waals surface area contributed by atoms with Crippen LogP contribution in [-0.4, -0.2) is 12.0 Å². The van der Waals surface area contributed by atoms with E-state index in [4.69, 9.17) is 16.6 Å². The highest BCUT2D eigenvalue weighted by atomic mass is 35.5. The maximum atomic E-state index is 6.04. The second-order valence-electron chi connectivity index (χ2n) is 5.97. The van der Waals surface area contributed by atoms with Crippen LogP contribution in [0.15, 0.2) is 24.3 Å². The molecule has 0 aliphatic rings. The van der Waals surface area contributed by atoms with Crippen molar-refractivity contribution in [2.45, 2.75) is 39.2 Å². The lowest BCUT2D eigenvalue weighted by atomic mass is 9.91. The second-order valence-corrected chi connectivity index (χ2v) is 7.57. The summed E-state index contributed by atoms with van der Waals surface area (Å²) in [5.74, 6) is 0. The Morgan fingerprint density at radius 3 is 2.65 bits per heavy atom. The predicted octanol–water partition coefficient (Wildman–Crippen LogP) is 4.40. The quantitative estimate of drug-likeness (QED) is 0.905. The molecular formula is C16H21ClN2S. The molecule has 2 nitrogen and oxygen atoms in total. The number of nitrogens with one attached hydrogen (secondary N) is 1. The van der Waals surface area contributed by atoms with E-state index in [9.17, 15) is 0 Å². The average molecular weight is 309 g/mol. The molecule has 0 radical (unpaired) electrons. The highest BCUT2D eigenvalue weighted by Crippen LogP contribution is 2.30. The molecule has 0 aliphatic heterocycles. The van der Waals surface area contributed by atoms with Crippen molar-refractivity contribution in [1.29, 1.82) is 0 Å². The third-order valence-electron chi connectivity index (χ3n) is 3.03. The number of halogens is 1. The zero-order valence-corrected chi connectivity index (χ0v) is 14.0. The molecule has 0 spiro atoms. The van der Waals surface area contributed by atoms with Gasteiger partial charge in [-0.2, -0.15) is 0 Å². The van der Waals surface area contributed by atoms with Gasteiger partial charge < -0.3 is 5.32 Å². The average Bonchev–Trinajstić information content (AvgIpc) is 2.72. The number of hydrogen-bond donors (Lipinski definition) is 1. The van der Waals surface area contributed by atoms with E-state index in [1.54, 1.807) is 11.3 Å². The molecule has 0 atom stereocenters. The van der Waals surface area contributed by atoms with Crippen LogP contribution in [0.4, 0.5) is 0 Å². The first-order chi connectivity index (χ1) is 9.40. The molecule has 0 unspecified atom stereocenters. The summed E-state index contributed by atoms with van der Waals surface area (Å²) in [7, 11) is 1.98. The van der Waals surface area contributed by atoms with E-state index in [1.165, 1.54) is 16.1 Å². The van der Waals surface area contributed by atoms with Gasteiger partial charge in [0.2, 0.25) is 0 Å². The van der Waals surface area contributed by atoms with Crippen molar-refractivity contribution in [3.63, 3.8) is 0 Å². The number of thiazole rings is 1. The Morgan fingerprint density at radius 1 is 1.30 bits per heavy atom. The Kier molecular flexibility index (Phi) is 4.84. The summed E-state index contributed by atoms with van der Waals surface area (Å²) in [6.07, 6.45) is 0.845. The third kappa shape index (κ3) is 3.81. The largest absolute Gasteiger partial charge is 0.315 e. The minimum absolute atomic E-state index is 0.0786. The van der Waals surface area contributed by atoms with Gasteiger partial charge in [0.15, 0.2) is 0 Å². The standard InChI is InChI=1S/C16H21ClN2S/c1-16(2,3)15-13(10-18-4)20-14(19-15)9-11-6-5-7-12(17)8-11/h5-8,18H,9-10H2,1-4H3.